The normalized spacial score (nSPS) is 14.9. The predicted octanol–water partition coefficient (Wildman–Crippen LogP) is 2.71. The predicted molar refractivity (Wildman–Crippen MR) is 49.6 cm³/mol. The van der Waals surface area contributed by atoms with Gasteiger partial charge in [0.1, 0.15) is 11.6 Å². The van der Waals surface area contributed by atoms with E-state index < -0.39 is 0 Å². The zero-order valence-electron chi connectivity index (χ0n) is 7.77. The Hall–Kier alpha value is -1.05. The van der Waals surface area contributed by atoms with Gasteiger partial charge in [-0.3, -0.25) is 0 Å². The Morgan fingerprint density at radius 2 is 2.31 bits per heavy atom. The lowest BCUT2D eigenvalue weighted by Gasteiger charge is -2.18. The second-order valence-electron chi connectivity index (χ2n) is 3.32. The Kier molecular flexibility index (Phi) is 2.21. The van der Waals surface area contributed by atoms with E-state index in [9.17, 15) is 4.39 Å². The van der Waals surface area contributed by atoms with Crippen LogP contribution in [0.4, 0.5) is 4.39 Å². The molecule has 0 radical (unpaired) electrons. The summed E-state index contributed by atoms with van der Waals surface area (Å²) in [6.07, 6.45) is 2.49. The smallest absolute Gasteiger partial charge is 0.133 e. The summed E-state index contributed by atoms with van der Waals surface area (Å²) in [6.45, 7) is 2.69. The van der Waals surface area contributed by atoms with Gasteiger partial charge in [-0.2, -0.15) is 0 Å². The fraction of sp³-hybridized carbons (Fsp3) is 0.455. The third-order valence-electron chi connectivity index (χ3n) is 2.49. The second kappa shape index (κ2) is 3.36. The quantitative estimate of drug-likeness (QED) is 0.645. The molecule has 2 rings (SSSR count). The largest absolute Gasteiger partial charge is 0.493 e. The van der Waals surface area contributed by atoms with Gasteiger partial charge in [0, 0.05) is 5.56 Å². The molecule has 1 aliphatic rings. The van der Waals surface area contributed by atoms with Crippen molar-refractivity contribution >= 4 is 0 Å². The molecule has 70 valence electrons. The Labute approximate surface area is 77.5 Å². The van der Waals surface area contributed by atoms with Gasteiger partial charge in [-0.25, -0.2) is 4.39 Å². The minimum absolute atomic E-state index is 0.0558. The summed E-state index contributed by atoms with van der Waals surface area (Å²) in [6, 6.07) is 3.70. The summed E-state index contributed by atoms with van der Waals surface area (Å²) < 4.78 is 19.0. The number of benzene rings is 1. The zero-order valence-corrected chi connectivity index (χ0v) is 7.77. The molecule has 0 bridgehead atoms. The first-order valence-electron chi connectivity index (χ1n) is 4.76. The molecular formula is C11H13FO. The molecule has 0 aliphatic carbocycles. The lowest BCUT2D eigenvalue weighted by atomic mass is 10.0. The summed E-state index contributed by atoms with van der Waals surface area (Å²) in [5, 5.41) is 0. The number of hydrogen-bond acceptors (Lipinski definition) is 1. The molecule has 1 nitrogen and oxygen atoms in total. The van der Waals surface area contributed by atoms with Gasteiger partial charge in [0.2, 0.25) is 0 Å². The van der Waals surface area contributed by atoms with E-state index in [0.29, 0.717) is 0 Å². The van der Waals surface area contributed by atoms with Gasteiger partial charge in [0.15, 0.2) is 0 Å². The van der Waals surface area contributed by atoms with Gasteiger partial charge in [-0.05, 0) is 30.9 Å². The van der Waals surface area contributed by atoms with Crippen molar-refractivity contribution in [2.24, 2.45) is 0 Å². The fourth-order valence-electron chi connectivity index (χ4n) is 1.72. The third kappa shape index (κ3) is 1.41. The molecule has 1 aliphatic heterocycles. The van der Waals surface area contributed by atoms with Crippen molar-refractivity contribution in [1.29, 1.82) is 0 Å². The molecular weight excluding hydrogens is 167 g/mol. The van der Waals surface area contributed by atoms with Crippen LogP contribution in [-0.2, 0) is 12.8 Å². The molecule has 0 aromatic heterocycles. The maximum Gasteiger partial charge on any atom is 0.133 e. The number of fused-ring (bicyclic) bond motifs is 1. The Balaban J connectivity index is 2.48. The minimum atomic E-state index is -0.0558. The first kappa shape index (κ1) is 8.54. The van der Waals surface area contributed by atoms with Gasteiger partial charge >= 0.3 is 0 Å². The standard InChI is InChI=1S/C11H13FO/c1-2-8-5-6-10-9(11(8)12)4-3-7-13-10/h5-6H,2-4,7H2,1H3. The van der Waals surface area contributed by atoms with Gasteiger partial charge in [-0.1, -0.05) is 13.0 Å². The molecule has 1 heterocycles. The lowest BCUT2D eigenvalue weighted by molar-refractivity contribution is 0.283. The van der Waals surface area contributed by atoms with Crippen LogP contribution in [0.2, 0.25) is 0 Å². The molecule has 2 heteroatoms. The Bertz CT molecular complexity index is 320. The molecule has 0 amide bonds. The third-order valence-corrected chi connectivity index (χ3v) is 2.49. The van der Waals surface area contributed by atoms with E-state index in [2.05, 4.69) is 0 Å². The van der Waals surface area contributed by atoms with Crippen LogP contribution in [0.5, 0.6) is 5.75 Å². The van der Waals surface area contributed by atoms with Crippen molar-refractivity contribution in [1.82, 2.24) is 0 Å². The number of halogens is 1. The highest BCUT2D eigenvalue weighted by atomic mass is 19.1. The number of ether oxygens (including phenoxy) is 1. The molecule has 0 saturated heterocycles. The molecule has 0 spiro atoms. The van der Waals surface area contributed by atoms with Gasteiger partial charge in [-0.15, -0.1) is 0 Å². The van der Waals surface area contributed by atoms with Crippen molar-refractivity contribution in [2.75, 3.05) is 6.61 Å². The van der Waals surface area contributed by atoms with Crippen molar-refractivity contribution < 1.29 is 9.13 Å². The molecule has 0 N–H and O–H groups in total. The SMILES string of the molecule is CCc1ccc2c(c1F)CCCO2. The topological polar surface area (TPSA) is 9.23 Å². The minimum Gasteiger partial charge on any atom is -0.493 e. The van der Waals surface area contributed by atoms with E-state index in [1.807, 2.05) is 19.1 Å². The molecule has 1 aromatic rings. The number of hydrogen-bond donors (Lipinski definition) is 0. The van der Waals surface area contributed by atoms with Crippen LogP contribution < -0.4 is 4.74 Å². The van der Waals surface area contributed by atoms with E-state index in [4.69, 9.17) is 4.74 Å². The maximum absolute atomic E-state index is 13.7. The molecule has 13 heavy (non-hydrogen) atoms. The molecule has 0 atom stereocenters. The number of rotatable bonds is 1. The van der Waals surface area contributed by atoms with Crippen LogP contribution in [0.15, 0.2) is 12.1 Å². The summed E-state index contributed by atoms with van der Waals surface area (Å²) in [7, 11) is 0. The number of aryl methyl sites for hydroxylation is 1. The molecule has 0 saturated carbocycles. The van der Waals surface area contributed by atoms with Gasteiger partial charge in [0.25, 0.3) is 0 Å². The summed E-state index contributed by atoms with van der Waals surface area (Å²) >= 11 is 0. The van der Waals surface area contributed by atoms with Crippen molar-refractivity contribution in [3.05, 3.63) is 29.1 Å². The van der Waals surface area contributed by atoms with Gasteiger partial charge in [0.05, 0.1) is 6.61 Å². The van der Waals surface area contributed by atoms with Gasteiger partial charge < -0.3 is 4.74 Å². The monoisotopic (exact) mass is 180 g/mol. The highest BCUT2D eigenvalue weighted by molar-refractivity contribution is 5.40. The lowest BCUT2D eigenvalue weighted by Crippen LogP contribution is -2.11. The first-order valence-corrected chi connectivity index (χ1v) is 4.76. The van der Waals surface area contributed by atoms with Crippen molar-refractivity contribution in [3.63, 3.8) is 0 Å². The van der Waals surface area contributed by atoms with E-state index in [-0.39, 0.29) is 5.82 Å². The fourth-order valence-corrected chi connectivity index (χ4v) is 1.72. The van der Waals surface area contributed by atoms with Crippen molar-refractivity contribution in [2.45, 2.75) is 26.2 Å². The van der Waals surface area contributed by atoms with Crippen molar-refractivity contribution in [3.8, 4) is 5.75 Å². The van der Waals surface area contributed by atoms with Crippen LogP contribution in [0.3, 0.4) is 0 Å². The van der Waals surface area contributed by atoms with E-state index in [1.165, 1.54) is 0 Å². The average molecular weight is 180 g/mol. The van der Waals surface area contributed by atoms with Crippen LogP contribution >= 0.6 is 0 Å². The second-order valence-corrected chi connectivity index (χ2v) is 3.32. The highest BCUT2D eigenvalue weighted by Crippen LogP contribution is 2.29. The zero-order chi connectivity index (χ0) is 9.26. The average Bonchev–Trinajstić information content (AvgIpc) is 2.19. The van der Waals surface area contributed by atoms with Crippen LogP contribution in [0.25, 0.3) is 0 Å². The van der Waals surface area contributed by atoms with Crippen LogP contribution in [-0.4, -0.2) is 6.61 Å². The summed E-state index contributed by atoms with van der Waals surface area (Å²) in [5.74, 6) is 0.681. The molecule has 0 fully saturated rings. The molecule has 0 unspecified atom stereocenters. The highest BCUT2D eigenvalue weighted by Gasteiger charge is 2.16. The summed E-state index contributed by atoms with van der Waals surface area (Å²) in [4.78, 5) is 0. The maximum atomic E-state index is 13.7. The first-order chi connectivity index (χ1) is 6.33. The van der Waals surface area contributed by atoms with E-state index >= 15 is 0 Å². The Morgan fingerprint density at radius 1 is 1.46 bits per heavy atom. The Morgan fingerprint density at radius 3 is 3.08 bits per heavy atom. The summed E-state index contributed by atoms with van der Waals surface area (Å²) in [5.41, 5.74) is 1.56. The van der Waals surface area contributed by atoms with E-state index in [0.717, 1.165) is 42.7 Å². The molecule has 1 aromatic carbocycles. The van der Waals surface area contributed by atoms with Crippen LogP contribution in [0.1, 0.15) is 24.5 Å². The van der Waals surface area contributed by atoms with E-state index in [1.54, 1.807) is 0 Å². The van der Waals surface area contributed by atoms with Crippen LogP contribution in [0, 0.1) is 5.82 Å².